The second kappa shape index (κ2) is 4.76. The minimum atomic E-state index is -0.191. The molecule has 1 amide bonds. The summed E-state index contributed by atoms with van der Waals surface area (Å²) in [5, 5.41) is 3.63. The van der Waals surface area contributed by atoms with Crippen LogP contribution in [0.1, 0.15) is 65.7 Å². The van der Waals surface area contributed by atoms with Crippen molar-refractivity contribution < 1.29 is 4.79 Å². The fraction of sp³-hybridized carbons (Fsp3) is 0.938. The van der Waals surface area contributed by atoms with Crippen molar-refractivity contribution in [2.45, 2.75) is 83.5 Å². The lowest BCUT2D eigenvalue weighted by Gasteiger charge is -2.39. The summed E-state index contributed by atoms with van der Waals surface area (Å²) in [5.74, 6) is 1.92. The smallest absolute Gasteiger partial charge is 0.244 e. The molecule has 0 radical (unpaired) electrons. The number of carbonyl (C=O) groups is 1. The van der Waals surface area contributed by atoms with Crippen LogP contribution in [-0.4, -0.2) is 28.6 Å². The van der Waals surface area contributed by atoms with Crippen molar-refractivity contribution in [3.05, 3.63) is 0 Å². The normalized spacial score (nSPS) is 42.3. The number of hydrogen-bond donors (Lipinski definition) is 1. The van der Waals surface area contributed by atoms with Crippen molar-refractivity contribution in [1.29, 1.82) is 0 Å². The summed E-state index contributed by atoms with van der Waals surface area (Å²) in [6.07, 6.45) is 8.44. The van der Waals surface area contributed by atoms with Gasteiger partial charge in [0.1, 0.15) is 0 Å². The topological polar surface area (TPSA) is 32.3 Å². The summed E-state index contributed by atoms with van der Waals surface area (Å²) < 4.78 is 0. The molecule has 108 valence electrons. The minimum absolute atomic E-state index is 0.191. The van der Waals surface area contributed by atoms with Crippen LogP contribution in [0.5, 0.6) is 0 Å². The molecule has 1 spiro atoms. The zero-order valence-electron chi connectivity index (χ0n) is 12.6. The molecule has 3 rings (SSSR count). The third-order valence-electron chi connectivity index (χ3n) is 5.55. The van der Waals surface area contributed by atoms with E-state index in [0.717, 1.165) is 24.7 Å². The molecule has 0 bridgehead atoms. The van der Waals surface area contributed by atoms with Crippen molar-refractivity contribution in [3.63, 3.8) is 0 Å². The van der Waals surface area contributed by atoms with E-state index in [1.165, 1.54) is 32.1 Å². The van der Waals surface area contributed by atoms with Gasteiger partial charge in [0.05, 0.1) is 11.7 Å². The first kappa shape index (κ1) is 13.4. The van der Waals surface area contributed by atoms with Crippen LogP contribution in [0.2, 0.25) is 0 Å². The van der Waals surface area contributed by atoms with Crippen LogP contribution in [0.4, 0.5) is 0 Å². The van der Waals surface area contributed by atoms with Gasteiger partial charge in [-0.25, -0.2) is 0 Å². The lowest BCUT2D eigenvalue weighted by atomic mass is 9.79. The summed E-state index contributed by atoms with van der Waals surface area (Å²) in [6.45, 7) is 6.86. The predicted octanol–water partition coefficient (Wildman–Crippen LogP) is 2.90. The molecule has 1 heterocycles. The van der Waals surface area contributed by atoms with Crippen molar-refractivity contribution in [3.8, 4) is 0 Å². The van der Waals surface area contributed by atoms with Gasteiger partial charge in [-0.05, 0) is 50.9 Å². The van der Waals surface area contributed by atoms with Gasteiger partial charge in [-0.3, -0.25) is 10.1 Å². The molecule has 19 heavy (non-hydrogen) atoms. The Kier molecular flexibility index (Phi) is 3.36. The monoisotopic (exact) mass is 264 g/mol. The first-order valence-electron chi connectivity index (χ1n) is 8.12. The van der Waals surface area contributed by atoms with Crippen LogP contribution in [0.15, 0.2) is 0 Å². The highest BCUT2D eigenvalue weighted by Crippen LogP contribution is 2.40. The number of nitrogens with zero attached hydrogens (tertiary/aromatic N) is 1. The molecule has 0 aromatic rings. The van der Waals surface area contributed by atoms with Crippen molar-refractivity contribution in [1.82, 2.24) is 10.2 Å². The second-order valence-corrected chi connectivity index (χ2v) is 7.39. The van der Waals surface area contributed by atoms with Crippen molar-refractivity contribution in [2.75, 3.05) is 0 Å². The first-order valence-corrected chi connectivity index (χ1v) is 8.12. The molecule has 1 saturated heterocycles. The number of nitrogens with one attached hydrogen (secondary N) is 1. The van der Waals surface area contributed by atoms with Gasteiger partial charge in [0.15, 0.2) is 0 Å². The lowest BCUT2D eigenvalue weighted by Crippen LogP contribution is -2.47. The second-order valence-electron chi connectivity index (χ2n) is 7.39. The summed E-state index contributed by atoms with van der Waals surface area (Å²) in [6, 6.07) is 0.466. The van der Waals surface area contributed by atoms with E-state index in [1.54, 1.807) is 0 Å². The number of hydrogen-bond acceptors (Lipinski definition) is 2. The molecular formula is C16H28N2O. The quantitative estimate of drug-likeness (QED) is 0.790. The summed E-state index contributed by atoms with van der Waals surface area (Å²) in [7, 11) is 0. The number of rotatable bonds is 1. The fourth-order valence-electron chi connectivity index (χ4n) is 4.90. The maximum atomic E-state index is 12.9. The Bertz CT molecular complexity index is 352. The molecule has 3 heteroatoms. The van der Waals surface area contributed by atoms with Gasteiger partial charge in [-0.15, -0.1) is 0 Å². The predicted molar refractivity (Wildman–Crippen MR) is 76.6 cm³/mol. The minimum Gasteiger partial charge on any atom is -0.323 e. The van der Waals surface area contributed by atoms with Crippen LogP contribution in [0.3, 0.4) is 0 Å². The molecule has 3 unspecified atom stereocenters. The van der Waals surface area contributed by atoms with Gasteiger partial charge in [-0.2, -0.15) is 0 Å². The third kappa shape index (κ3) is 2.20. The molecule has 2 aliphatic carbocycles. The number of carbonyl (C=O) groups excluding carboxylic acids is 1. The van der Waals surface area contributed by atoms with E-state index in [-0.39, 0.29) is 11.7 Å². The molecular weight excluding hydrogens is 236 g/mol. The maximum Gasteiger partial charge on any atom is 0.244 e. The summed E-state index contributed by atoms with van der Waals surface area (Å²) in [4.78, 5) is 15.1. The van der Waals surface area contributed by atoms with E-state index in [4.69, 9.17) is 0 Å². The van der Waals surface area contributed by atoms with Crippen LogP contribution >= 0.6 is 0 Å². The Morgan fingerprint density at radius 1 is 1.05 bits per heavy atom. The molecule has 3 fully saturated rings. The van der Waals surface area contributed by atoms with Gasteiger partial charge in [0, 0.05) is 6.04 Å². The van der Waals surface area contributed by atoms with E-state index in [2.05, 4.69) is 31.0 Å². The molecule has 2 saturated carbocycles. The van der Waals surface area contributed by atoms with E-state index in [9.17, 15) is 4.79 Å². The maximum absolute atomic E-state index is 12.9. The van der Waals surface area contributed by atoms with Crippen molar-refractivity contribution in [2.24, 2.45) is 11.8 Å². The number of amides is 1. The Hall–Kier alpha value is -0.570. The molecule has 3 aliphatic rings. The zero-order chi connectivity index (χ0) is 13.6. The first-order chi connectivity index (χ1) is 9.02. The molecule has 0 aromatic heterocycles. The van der Waals surface area contributed by atoms with E-state index < -0.39 is 0 Å². The largest absolute Gasteiger partial charge is 0.323 e. The standard InChI is InChI=1S/C16H28N2O/c1-11-8-12(2)10-14(9-11)18-13(3)17-16(15(18)19)6-4-5-7-16/h11-14,17H,4-10H2,1-3H3. The SMILES string of the molecule is CC1CC(C)CC(N2C(=O)C3(CCCC3)NC2C)C1. The molecule has 3 nitrogen and oxygen atoms in total. The average Bonchev–Trinajstić information content (AvgIpc) is 2.85. The molecule has 3 atom stereocenters. The highest BCUT2D eigenvalue weighted by Gasteiger charge is 2.53. The fourth-order valence-corrected chi connectivity index (χ4v) is 4.90. The zero-order valence-corrected chi connectivity index (χ0v) is 12.6. The van der Waals surface area contributed by atoms with Crippen LogP contribution in [0.25, 0.3) is 0 Å². The van der Waals surface area contributed by atoms with Gasteiger partial charge in [0.2, 0.25) is 5.91 Å². The van der Waals surface area contributed by atoms with Gasteiger partial charge in [-0.1, -0.05) is 26.7 Å². The lowest BCUT2D eigenvalue weighted by molar-refractivity contribution is -0.136. The van der Waals surface area contributed by atoms with Crippen molar-refractivity contribution >= 4 is 5.91 Å². The molecule has 0 aromatic carbocycles. The van der Waals surface area contributed by atoms with E-state index in [1.807, 2.05) is 0 Å². The molecule has 1 aliphatic heterocycles. The Labute approximate surface area is 117 Å². The summed E-state index contributed by atoms with van der Waals surface area (Å²) >= 11 is 0. The Morgan fingerprint density at radius 2 is 1.63 bits per heavy atom. The average molecular weight is 264 g/mol. The van der Waals surface area contributed by atoms with Gasteiger partial charge < -0.3 is 4.90 Å². The highest BCUT2D eigenvalue weighted by molar-refractivity contribution is 5.89. The molecule has 1 N–H and O–H groups in total. The Morgan fingerprint density at radius 3 is 2.21 bits per heavy atom. The van der Waals surface area contributed by atoms with E-state index >= 15 is 0 Å². The van der Waals surface area contributed by atoms with Crippen LogP contribution in [-0.2, 0) is 4.79 Å². The summed E-state index contributed by atoms with van der Waals surface area (Å²) in [5.41, 5.74) is -0.191. The van der Waals surface area contributed by atoms with Gasteiger partial charge in [0.25, 0.3) is 0 Å². The highest BCUT2D eigenvalue weighted by atomic mass is 16.2. The van der Waals surface area contributed by atoms with E-state index in [0.29, 0.717) is 11.9 Å². The van der Waals surface area contributed by atoms with Crippen LogP contribution in [0, 0.1) is 11.8 Å². The third-order valence-corrected chi connectivity index (χ3v) is 5.55. The van der Waals surface area contributed by atoms with Gasteiger partial charge >= 0.3 is 0 Å². The van der Waals surface area contributed by atoms with Crippen LogP contribution < -0.4 is 5.32 Å². The Balaban J connectivity index is 1.78.